The zero-order chi connectivity index (χ0) is 17.5. The topological polar surface area (TPSA) is 36.9 Å². The number of hydrogen-bond donors (Lipinski definition) is 0. The molecule has 1 aromatic carbocycles. The molecule has 4 nitrogen and oxygen atoms in total. The van der Waals surface area contributed by atoms with Gasteiger partial charge in [0, 0.05) is 13.5 Å². The largest absolute Gasteiger partial charge is 0.496 e. The fourth-order valence-electron chi connectivity index (χ4n) is 1.96. The second kappa shape index (κ2) is 8.83. The van der Waals surface area contributed by atoms with Crippen LogP contribution in [0.2, 0.25) is 18.1 Å². The molecule has 5 heteroatoms. The summed E-state index contributed by atoms with van der Waals surface area (Å²) >= 11 is 0. The SMILES string of the molecule is COCO[C@@H](CO[Si](C)(C)C(C)(C)C)Cc1ccccc1OC. The van der Waals surface area contributed by atoms with Crippen LogP contribution in [0.1, 0.15) is 26.3 Å². The highest BCUT2D eigenvalue weighted by Crippen LogP contribution is 2.36. The molecule has 1 aromatic rings. The Morgan fingerprint density at radius 1 is 1.09 bits per heavy atom. The Labute approximate surface area is 142 Å². The van der Waals surface area contributed by atoms with Crippen LogP contribution >= 0.6 is 0 Å². The summed E-state index contributed by atoms with van der Waals surface area (Å²) in [5, 5.41) is 0.184. The second-order valence-corrected chi connectivity index (χ2v) is 12.1. The number of para-hydroxylation sites is 1. The van der Waals surface area contributed by atoms with Crippen LogP contribution in [-0.2, 0) is 20.3 Å². The fraction of sp³-hybridized carbons (Fsp3) is 0.667. The first-order valence-corrected chi connectivity index (χ1v) is 11.0. The molecule has 0 saturated carbocycles. The van der Waals surface area contributed by atoms with E-state index in [1.165, 1.54) is 0 Å². The molecule has 0 aliphatic heterocycles. The number of hydrogen-bond acceptors (Lipinski definition) is 4. The lowest BCUT2D eigenvalue weighted by Gasteiger charge is -2.37. The van der Waals surface area contributed by atoms with Crippen LogP contribution in [0.15, 0.2) is 24.3 Å². The molecule has 0 N–H and O–H groups in total. The molecule has 0 aromatic heterocycles. The highest BCUT2D eigenvalue weighted by Gasteiger charge is 2.37. The summed E-state index contributed by atoms with van der Waals surface area (Å²) < 4.78 is 22.6. The van der Waals surface area contributed by atoms with E-state index in [0.29, 0.717) is 6.61 Å². The van der Waals surface area contributed by atoms with E-state index in [4.69, 9.17) is 18.6 Å². The molecule has 0 radical (unpaired) electrons. The molecule has 0 fully saturated rings. The van der Waals surface area contributed by atoms with Crippen molar-refractivity contribution in [2.75, 3.05) is 27.6 Å². The lowest BCUT2D eigenvalue weighted by Crippen LogP contribution is -2.43. The van der Waals surface area contributed by atoms with E-state index in [0.717, 1.165) is 17.7 Å². The van der Waals surface area contributed by atoms with Gasteiger partial charge in [-0.05, 0) is 29.8 Å². The maximum atomic E-state index is 6.32. The van der Waals surface area contributed by atoms with E-state index in [-0.39, 0.29) is 17.9 Å². The van der Waals surface area contributed by atoms with E-state index < -0.39 is 8.32 Å². The predicted molar refractivity (Wildman–Crippen MR) is 96.6 cm³/mol. The van der Waals surface area contributed by atoms with E-state index >= 15 is 0 Å². The summed E-state index contributed by atoms with van der Waals surface area (Å²) in [6.07, 6.45) is 0.683. The molecule has 0 aliphatic carbocycles. The van der Waals surface area contributed by atoms with E-state index in [2.05, 4.69) is 39.9 Å². The van der Waals surface area contributed by atoms with Crippen molar-refractivity contribution in [3.8, 4) is 5.75 Å². The quantitative estimate of drug-likeness (QED) is 0.497. The third-order valence-corrected chi connectivity index (χ3v) is 9.00. The van der Waals surface area contributed by atoms with Crippen molar-refractivity contribution in [2.45, 2.75) is 51.4 Å². The van der Waals surface area contributed by atoms with Crippen molar-refractivity contribution in [2.24, 2.45) is 0 Å². The van der Waals surface area contributed by atoms with Gasteiger partial charge < -0.3 is 18.6 Å². The van der Waals surface area contributed by atoms with Crippen LogP contribution in [0.3, 0.4) is 0 Å². The standard InChI is InChI=1S/C18H32O4Si/c1-18(2,3)23(6,7)22-13-16(21-14-19-4)12-15-10-8-9-11-17(15)20-5/h8-11,16H,12-14H2,1-7H3/t16-/m1/s1. The minimum absolute atomic E-state index is 0.0552. The molecule has 23 heavy (non-hydrogen) atoms. The minimum atomic E-state index is -1.80. The van der Waals surface area contributed by atoms with Gasteiger partial charge in [-0.15, -0.1) is 0 Å². The van der Waals surface area contributed by atoms with Crippen LogP contribution in [0, 0.1) is 0 Å². The Kier molecular flexibility index (Phi) is 7.74. The van der Waals surface area contributed by atoms with Crippen LogP contribution in [0.25, 0.3) is 0 Å². The Morgan fingerprint density at radius 2 is 1.74 bits per heavy atom. The van der Waals surface area contributed by atoms with Gasteiger partial charge in [0.2, 0.25) is 0 Å². The van der Waals surface area contributed by atoms with Gasteiger partial charge in [-0.2, -0.15) is 0 Å². The van der Waals surface area contributed by atoms with Gasteiger partial charge in [-0.3, -0.25) is 0 Å². The summed E-state index contributed by atoms with van der Waals surface area (Å²) in [5.41, 5.74) is 1.12. The Balaban J connectivity index is 2.76. The Bertz CT molecular complexity index is 468. The van der Waals surface area contributed by atoms with Gasteiger partial charge >= 0.3 is 0 Å². The molecule has 0 unspecified atom stereocenters. The van der Waals surface area contributed by atoms with Gasteiger partial charge in [-0.25, -0.2) is 0 Å². The zero-order valence-electron chi connectivity index (χ0n) is 15.6. The van der Waals surface area contributed by atoms with Crippen molar-refractivity contribution in [3.05, 3.63) is 29.8 Å². The molecule has 1 atom stereocenters. The molecule has 0 amide bonds. The van der Waals surface area contributed by atoms with E-state index in [9.17, 15) is 0 Å². The summed E-state index contributed by atoms with van der Waals surface area (Å²) in [4.78, 5) is 0. The average Bonchev–Trinajstić information content (AvgIpc) is 2.49. The summed E-state index contributed by atoms with van der Waals surface area (Å²) in [5.74, 6) is 0.880. The third-order valence-electron chi connectivity index (χ3n) is 4.50. The first-order chi connectivity index (χ1) is 10.7. The highest BCUT2D eigenvalue weighted by molar-refractivity contribution is 6.74. The molecule has 0 saturated heterocycles. The Morgan fingerprint density at radius 3 is 2.30 bits per heavy atom. The highest BCUT2D eigenvalue weighted by atomic mass is 28.4. The van der Waals surface area contributed by atoms with Crippen molar-refractivity contribution >= 4 is 8.32 Å². The predicted octanol–water partition coefficient (Wildman–Crippen LogP) is 4.25. The number of benzene rings is 1. The molecule has 132 valence electrons. The van der Waals surface area contributed by atoms with Crippen molar-refractivity contribution in [1.82, 2.24) is 0 Å². The van der Waals surface area contributed by atoms with E-state index in [1.807, 2.05) is 18.2 Å². The van der Waals surface area contributed by atoms with Gasteiger partial charge in [0.15, 0.2) is 8.32 Å². The maximum Gasteiger partial charge on any atom is 0.192 e. The zero-order valence-corrected chi connectivity index (χ0v) is 16.6. The molecule has 0 heterocycles. The summed E-state index contributed by atoms with van der Waals surface area (Å²) in [6.45, 7) is 12.1. The van der Waals surface area contributed by atoms with Crippen LogP contribution < -0.4 is 4.74 Å². The van der Waals surface area contributed by atoms with Crippen molar-refractivity contribution < 1.29 is 18.6 Å². The van der Waals surface area contributed by atoms with Gasteiger partial charge in [0.25, 0.3) is 0 Å². The van der Waals surface area contributed by atoms with Gasteiger partial charge in [-0.1, -0.05) is 39.0 Å². The van der Waals surface area contributed by atoms with Crippen LogP contribution in [0.5, 0.6) is 5.75 Å². The first-order valence-electron chi connectivity index (χ1n) is 8.07. The number of ether oxygens (including phenoxy) is 3. The van der Waals surface area contributed by atoms with E-state index in [1.54, 1.807) is 14.2 Å². The first kappa shape index (κ1) is 20.2. The molecule has 0 aliphatic rings. The Hall–Kier alpha value is -0.883. The van der Waals surface area contributed by atoms with Gasteiger partial charge in [0.05, 0.1) is 19.8 Å². The lowest BCUT2D eigenvalue weighted by atomic mass is 10.1. The minimum Gasteiger partial charge on any atom is -0.496 e. The normalized spacial score (nSPS) is 13.9. The molecule has 1 rings (SSSR count). The third kappa shape index (κ3) is 6.26. The van der Waals surface area contributed by atoms with Gasteiger partial charge in [0.1, 0.15) is 12.5 Å². The molecule has 0 spiro atoms. The van der Waals surface area contributed by atoms with Crippen molar-refractivity contribution in [3.63, 3.8) is 0 Å². The smallest absolute Gasteiger partial charge is 0.192 e. The molecular formula is C18H32O4Si. The molecular weight excluding hydrogens is 308 g/mol. The van der Waals surface area contributed by atoms with Crippen LogP contribution in [-0.4, -0.2) is 42.0 Å². The molecule has 0 bridgehead atoms. The average molecular weight is 341 g/mol. The summed E-state index contributed by atoms with van der Waals surface area (Å²) in [7, 11) is 1.53. The number of methoxy groups -OCH3 is 2. The second-order valence-electron chi connectivity index (χ2n) is 7.28. The maximum absolute atomic E-state index is 6.32. The van der Waals surface area contributed by atoms with Crippen LogP contribution in [0.4, 0.5) is 0 Å². The summed E-state index contributed by atoms with van der Waals surface area (Å²) in [6, 6.07) is 8.02. The van der Waals surface area contributed by atoms with Crippen molar-refractivity contribution in [1.29, 1.82) is 0 Å². The monoisotopic (exact) mass is 340 g/mol. The lowest BCUT2D eigenvalue weighted by molar-refractivity contribution is -0.0846. The number of rotatable bonds is 9. The fourth-order valence-corrected chi connectivity index (χ4v) is 3.00.